The third-order valence-electron chi connectivity index (χ3n) is 3.23. The molecule has 104 valence electrons. The van der Waals surface area contributed by atoms with Crippen molar-refractivity contribution in [3.05, 3.63) is 71.8 Å². The molecule has 2 aromatic rings. The number of rotatable bonds is 5. The van der Waals surface area contributed by atoms with Crippen molar-refractivity contribution in [1.29, 1.82) is 0 Å². The first-order valence-corrected chi connectivity index (χ1v) is 7.27. The minimum atomic E-state index is 0.438. The summed E-state index contributed by atoms with van der Waals surface area (Å²) in [5.74, 6) is 0.438. The normalized spacial score (nSPS) is 11.7. The third kappa shape index (κ3) is 4.67. The van der Waals surface area contributed by atoms with E-state index in [4.69, 9.17) is 12.2 Å². The van der Waals surface area contributed by atoms with E-state index < -0.39 is 0 Å². The summed E-state index contributed by atoms with van der Waals surface area (Å²) in [7, 11) is 0. The zero-order valence-electron chi connectivity index (χ0n) is 11.7. The fourth-order valence-electron chi connectivity index (χ4n) is 1.99. The SMILES string of the molecule is CC(CNC(=S)NCc1ccccc1)c1ccccc1. The second-order valence-electron chi connectivity index (χ2n) is 4.86. The van der Waals surface area contributed by atoms with Gasteiger partial charge in [-0.3, -0.25) is 0 Å². The number of benzene rings is 2. The lowest BCUT2D eigenvalue weighted by Crippen LogP contribution is -2.36. The maximum atomic E-state index is 5.30. The molecule has 0 fully saturated rings. The van der Waals surface area contributed by atoms with Gasteiger partial charge in [0.05, 0.1) is 0 Å². The van der Waals surface area contributed by atoms with Crippen LogP contribution >= 0.6 is 12.2 Å². The summed E-state index contributed by atoms with van der Waals surface area (Å²) in [6.07, 6.45) is 0. The van der Waals surface area contributed by atoms with Crippen LogP contribution in [-0.4, -0.2) is 11.7 Å². The van der Waals surface area contributed by atoms with Crippen LogP contribution in [0.25, 0.3) is 0 Å². The van der Waals surface area contributed by atoms with Crippen molar-refractivity contribution in [1.82, 2.24) is 10.6 Å². The molecule has 0 aliphatic rings. The summed E-state index contributed by atoms with van der Waals surface area (Å²) in [5.41, 5.74) is 2.55. The Hall–Kier alpha value is -1.87. The predicted octanol–water partition coefficient (Wildman–Crippen LogP) is 3.45. The van der Waals surface area contributed by atoms with Gasteiger partial charge in [0.25, 0.3) is 0 Å². The summed E-state index contributed by atoms with van der Waals surface area (Å²) in [6, 6.07) is 20.7. The van der Waals surface area contributed by atoms with Crippen LogP contribution in [0, 0.1) is 0 Å². The Balaban J connectivity index is 1.73. The highest BCUT2D eigenvalue weighted by molar-refractivity contribution is 7.80. The van der Waals surface area contributed by atoms with Crippen molar-refractivity contribution in [3.8, 4) is 0 Å². The number of nitrogens with one attached hydrogen (secondary N) is 2. The molecule has 2 aromatic carbocycles. The zero-order valence-corrected chi connectivity index (χ0v) is 12.5. The first-order valence-electron chi connectivity index (χ1n) is 6.86. The largest absolute Gasteiger partial charge is 0.362 e. The minimum absolute atomic E-state index is 0.438. The number of hydrogen-bond donors (Lipinski definition) is 2. The molecule has 0 heterocycles. The van der Waals surface area contributed by atoms with E-state index in [-0.39, 0.29) is 0 Å². The molecular weight excluding hydrogens is 264 g/mol. The minimum Gasteiger partial charge on any atom is -0.362 e. The molecule has 0 amide bonds. The van der Waals surface area contributed by atoms with Crippen LogP contribution in [0.15, 0.2) is 60.7 Å². The summed E-state index contributed by atoms with van der Waals surface area (Å²) >= 11 is 5.30. The predicted molar refractivity (Wildman–Crippen MR) is 88.7 cm³/mol. The van der Waals surface area contributed by atoms with Crippen molar-refractivity contribution < 1.29 is 0 Å². The molecular formula is C17H20N2S. The Kier molecular flexibility index (Phi) is 5.56. The van der Waals surface area contributed by atoms with E-state index in [0.717, 1.165) is 13.1 Å². The maximum absolute atomic E-state index is 5.30. The van der Waals surface area contributed by atoms with Gasteiger partial charge >= 0.3 is 0 Å². The van der Waals surface area contributed by atoms with E-state index in [1.54, 1.807) is 0 Å². The third-order valence-corrected chi connectivity index (χ3v) is 3.52. The Morgan fingerprint density at radius 3 is 2.20 bits per heavy atom. The van der Waals surface area contributed by atoms with Crippen LogP contribution in [-0.2, 0) is 6.54 Å². The lowest BCUT2D eigenvalue weighted by atomic mass is 10.0. The van der Waals surface area contributed by atoms with Crippen LogP contribution in [0.5, 0.6) is 0 Å². The first-order chi connectivity index (χ1) is 9.75. The molecule has 0 aromatic heterocycles. The smallest absolute Gasteiger partial charge is 0.166 e. The Morgan fingerprint density at radius 2 is 1.55 bits per heavy atom. The molecule has 0 saturated carbocycles. The standard InChI is InChI=1S/C17H20N2S/c1-14(16-10-6-3-7-11-16)12-18-17(20)19-13-15-8-4-2-5-9-15/h2-11,14H,12-13H2,1H3,(H2,18,19,20). The Morgan fingerprint density at radius 1 is 0.950 bits per heavy atom. The van der Waals surface area contributed by atoms with E-state index in [9.17, 15) is 0 Å². The van der Waals surface area contributed by atoms with Crippen LogP contribution in [0.2, 0.25) is 0 Å². The summed E-state index contributed by atoms with van der Waals surface area (Å²) in [4.78, 5) is 0. The van der Waals surface area contributed by atoms with Crippen molar-refractivity contribution in [3.63, 3.8) is 0 Å². The number of thiocarbonyl (C=S) groups is 1. The van der Waals surface area contributed by atoms with Gasteiger partial charge in [0, 0.05) is 13.1 Å². The van der Waals surface area contributed by atoms with Gasteiger partial charge in [-0.25, -0.2) is 0 Å². The second-order valence-corrected chi connectivity index (χ2v) is 5.27. The molecule has 0 aliphatic heterocycles. The molecule has 0 radical (unpaired) electrons. The summed E-state index contributed by atoms with van der Waals surface area (Å²) in [6.45, 7) is 3.79. The molecule has 2 nitrogen and oxygen atoms in total. The molecule has 0 spiro atoms. The van der Waals surface area contributed by atoms with E-state index >= 15 is 0 Å². The molecule has 0 bridgehead atoms. The van der Waals surface area contributed by atoms with E-state index in [1.807, 2.05) is 24.3 Å². The van der Waals surface area contributed by atoms with Crippen LogP contribution in [0.3, 0.4) is 0 Å². The monoisotopic (exact) mass is 284 g/mol. The zero-order chi connectivity index (χ0) is 14.2. The van der Waals surface area contributed by atoms with Crippen LogP contribution in [0.1, 0.15) is 24.0 Å². The quantitative estimate of drug-likeness (QED) is 0.822. The van der Waals surface area contributed by atoms with Gasteiger partial charge in [-0.05, 0) is 29.3 Å². The van der Waals surface area contributed by atoms with Crippen LogP contribution in [0.4, 0.5) is 0 Å². The van der Waals surface area contributed by atoms with Crippen LogP contribution < -0.4 is 10.6 Å². The summed E-state index contributed by atoms with van der Waals surface area (Å²) in [5, 5.41) is 7.20. The molecule has 1 atom stereocenters. The Bertz CT molecular complexity index is 525. The van der Waals surface area contributed by atoms with Gasteiger partial charge < -0.3 is 10.6 Å². The molecule has 2 rings (SSSR count). The van der Waals surface area contributed by atoms with Gasteiger partial charge in [-0.1, -0.05) is 67.6 Å². The molecule has 1 unspecified atom stereocenters. The first kappa shape index (κ1) is 14.5. The van der Waals surface area contributed by atoms with Crippen molar-refractivity contribution in [2.75, 3.05) is 6.54 Å². The van der Waals surface area contributed by atoms with Crippen molar-refractivity contribution >= 4 is 17.3 Å². The highest BCUT2D eigenvalue weighted by Crippen LogP contribution is 2.12. The molecule has 0 aliphatic carbocycles. The van der Waals surface area contributed by atoms with Gasteiger partial charge in [-0.15, -0.1) is 0 Å². The number of hydrogen-bond acceptors (Lipinski definition) is 1. The molecule has 2 N–H and O–H groups in total. The fraction of sp³-hybridized carbons (Fsp3) is 0.235. The second kappa shape index (κ2) is 7.65. The summed E-state index contributed by atoms with van der Waals surface area (Å²) < 4.78 is 0. The highest BCUT2D eigenvalue weighted by Gasteiger charge is 2.05. The highest BCUT2D eigenvalue weighted by atomic mass is 32.1. The van der Waals surface area contributed by atoms with Gasteiger partial charge in [-0.2, -0.15) is 0 Å². The van der Waals surface area contributed by atoms with E-state index in [0.29, 0.717) is 11.0 Å². The molecule has 3 heteroatoms. The lowest BCUT2D eigenvalue weighted by molar-refractivity contribution is 0.707. The Labute approximate surface area is 126 Å². The molecule has 20 heavy (non-hydrogen) atoms. The van der Waals surface area contributed by atoms with E-state index in [1.165, 1.54) is 11.1 Å². The van der Waals surface area contributed by atoms with Crippen molar-refractivity contribution in [2.45, 2.75) is 19.4 Å². The maximum Gasteiger partial charge on any atom is 0.166 e. The average molecular weight is 284 g/mol. The molecule has 0 saturated heterocycles. The van der Waals surface area contributed by atoms with E-state index in [2.05, 4.69) is 54.0 Å². The van der Waals surface area contributed by atoms with Gasteiger partial charge in [0.2, 0.25) is 0 Å². The topological polar surface area (TPSA) is 24.1 Å². The van der Waals surface area contributed by atoms with Crippen molar-refractivity contribution in [2.24, 2.45) is 0 Å². The lowest BCUT2D eigenvalue weighted by Gasteiger charge is -2.15. The fourth-order valence-corrected chi connectivity index (χ4v) is 2.14. The van der Waals surface area contributed by atoms with Gasteiger partial charge in [0.1, 0.15) is 0 Å². The van der Waals surface area contributed by atoms with Gasteiger partial charge in [0.15, 0.2) is 5.11 Å². The average Bonchev–Trinajstić information content (AvgIpc) is 2.52.